The summed E-state index contributed by atoms with van der Waals surface area (Å²) in [5.74, 6) is 1.10. The predicted molar refractivity (Wildman–Crippen MR) is 91.7 cm³/mol. The number of hydrogen-bond donors (Lipinski definition) is 1. The van der Waals surface area contributed by atoms with E-state index in [4.69, 9.17) is 10.6 Å². The summed E-state index contributed by atoms with van der Waals surface area (Å²) in [5.41, 5.74) is 9.52. The van der Waals surface area contributed by atoms with Crippen molar-refractivity contribution < 1.29 is 4.84 Å². The van der Waals surface area contributed by atoms with Gasteiger partial charge in [0, 0.05) is 12.7 Å². The monoisotopic (exact) mass is 317 g/mol. The Morgan fingerprint density at radius 3 is 2.87 bits per heavy atom. The van der Waals surface area contributed by atoms with Crippen molar-refractivity contribution >= 4 is 6.21 Å². The van der Waals surface area contributed by atoms with Gasteiger partial charge in [0.1, 0.15) is 18.2 Å². The van der Waals surface area contributed by atoms with Crippen LogP contribution in [0.2, 0.25) is 0 Å². The number of unbranched alkanes of at least 4 members (excludes halogenated alkanes) is 3. The number of hydroxylamine groups is 2. The standard InChI is InChI=1S/C17H27N5O/c1-4-5-6-7-8-20-10-13(2)15(18)16-17(20)22-12-21(23-3)11-14(22)9-19-16/h9-11,15H,4-8,12,18H2,1-3H3. The van der Waals surface area contributed by atoms with Crippen LogP contribution >= 0.6 is 0 Å². The van der Waals surface area contributed by atoms with Gasteiger partial charge in [-0.05, 0) is 18.9 Å². The average Bonchev–Trinajstić information content (AvgIpc) is 2.98. The van der Waals surface area contributed by atoms with Gasteiger partial charge in [0.15, 0.2) is 0 Å². The molecule has 1 unspecified atom stereocenters. The maximum Gasteiger partial charge on any atom is 0.138 e. The van der Waals surface area contributed by atoms with Crippen LogP contribution in [0.5, 0.6) is 0 Å². The number of nitrogens with two attached hydrogens (primary N) is 1. The molecule has 0 amide bonds. The first-order valence-corrected chi connectivity index (χ1v) is 8.44. The van der Waals surface area contributed by atoms with E-state index in [1.807, 2.05) is 17.5 Å². The quantitative estimate of drug-likeness (QED) is 0.762. The third kappa shape index (κ3) is 3.01. The molecule has 3 aliphatic rings. The maximum atomic E-state index is 6.36. The number of allylic oxidation sites excluding steroid dienone is 1. The molecule has 0 aromatic heterocycles. The fourth-order valence-electron chi connectivity index (χ4n) is 3.22. The lowest BCUT2D eigenvalue weighted by atomic mass is 10.0. The van der Waals surface area contributed by atoms with Crippen LogP contribution in [0.3, 0.4) is 0 Å². The van der Waals surface area contributed by atoms with Crippen molar-refractivity contribution in [2.24, 2.45) is 10.7 Å². The van der Waals surface area contributed by atoms with Crippen molar-refractivity contribution in [3.63, 3.8) is 0 Å². The summed E-state index contributed by atoms with van der Waals surface area (Å²) in [6, 6.07) is -0.133. The van der Waals surface area contributed by atoms with E-state index in [0.29, 0.717) is 6.67 Å². The lowest BCUT2D eigenvalue weighted by Gasteiger charge is -2.40. The largest absolute Gasteiger partial charge is 0.333 e. The Kier molecular flexibility index (Phi) is 4.73. The van der Waals surface area contributed by atoms with Crippen molar-refractivity contribution in [1.82, 2.24) is 14.9 Å². The Hall–Kier alpha value is -1.79. The van der Waals surface area contributed by atoms with Crippen LogP contribution in [0.25, 0.3) is 0 Å². The van der Waals surface area contributed by atoms with Crippen LogP contribution in [-0.2, 0) is 4.84 Å². The first kappa shape index (κ1) is 16.1. The van der Waals surface area contributed by atoms with Gasteiger partial charge in [0.05, 0.1) is 31.3 Å². The van der Waals surface area contributed by atoms with Gasteiger partial charge in [-0.2, -0.15) is 0 Å². The van der Waals surface area contributed by atoms with Crippen LogP contribution in [0.15, 0.2) is 40.2 Å². The third-order valence-corrected chi connectivity index (χ3v) is 4.59. The molecule has 1 atom stereocenters. The second-order valence-electron chi connectivity index (χ2n) is 6.29. The molecule has 0 radical (unpaired) electrons. The number of fused-ring (bicyclic) bond motifs is 2. The number of aliphatic imine (C=N–C) groups is 1. The normalized spacial score (nSPS) is 23.1. The molecule has 0 saturated carbocycles. The molecular formula is C17H27N5O. The first-order valence-electron chi connectivity index (χ1n) is 8.44. The second kappa shape index (κ2) is 6.76. The molecule has 0 aromatic rings. The molecule has 3 rings (SSSR count). The Bertz CT molecular complexity index is 578. The van der Waals surface area contributed by atoms with E-state index in [0.717, 1.165) is 29.3 Å². The van der Waals surface area contributed by atoms with Gasteiger partial charge in [-0.15, -0.1) is 0 Å². The zero-order chi connectivity index (χ0) is 16.4. The topological polar surface area (TPSA) is 57.3 Å². The van der Waals surface area contributed by atoms with E-state index in [2.05, 4.69) is 34.8 Å². The molecule has 0 aliphatic carbocycles. The van der Waals surface area contributed by atoms with Gasteiger partial charge in [-0.25, -0.2) is 5.06 Å². The highest BCUT2D eigenvalue weighted by atomic mass is 16.7. The van der Waals surface area contributed by atoms with Crippen LogP contribution in [0, 0.1) is 0 Å². The molecule has 0 fully saturated rings. The number of rotatable bonds is 6. The van der Waals surface area contributed by atoms with Gasteiger partial charge in [-0.1, -0.05) is 26.2 Å². The Morgan fingerprint density at radius 1 is 1.30 bits per heavy atom. The van der Waals surface area contributed by atoms with E-state index in [9.17, 15) is 0 Å². The van der Waals surface area contributed by atoms with Gasteiger partial charge in [0.2, 0.25) is 0 Å². The lowest BCUT2D eigenvalue weighted by molar-refractivity contribution is -0.0968. The summed E-state index contributed by atoms with van der Waals surface area (Å²) in [6.45, 7) is 5.98. The van der Waals surface area contributed by atoms with E-state index < -0.39 is 0 Å². The molecule has 0 aromatic carbocycles. The van der Waals surface area contributed by atoms with Gasteiger partial charge in [-0.3, -0.25) is 9.83 Å². The molecule has 0 bridgehead atoms. The Labute approximate surface area is 138 Å². The van der Waals surface area contributed by atoms with E-state index in [1.54, 1.807) is 7.11 Å². The summed E-state index contributed by atoms with van der Waals surface area (Å²) >= 11 is 0. The highest BCUT2D eigenvalue weighted by Gasteiger charge is 2.35. The zero-order valence-corrected chi connectivity index (χ0v) is 14.3. The van der Waals surface area contributed by atoms with E-state index in [-0.39, 0.29) is 6.04 Å². The SMILES string of the molecule is CCCCCCN1C=C(C)C(N)C2=C1N1CN(OC)C=C1C=N2. The van der Waals surface area contributed by atoms with Gasteiger partial charge in [0.25, 0.3) is 0 Å². The van der Waals surface area contributed by atoms with Crippen molar-refractivity contribution in [2.75, 3.05) is 20.3 Å². The maximum absolute atomic E-state index is 6.36. The highest BCUT2D eigenvalue weighted by Crippen LogP contribution is 2.35. The summed E-state index contributed by atoms with van der Waals surface area (Å²) in [6.07, 6.45) is 11.0. The minimum absolute atomic E-state index is 0.133. The molecule has 3 aliphatic heterocycles. The minimum atomic E-state index is -0.133. The van der Waals surface area contributed by atoms with Crippen molar-refractivity contribution in [3.8, 4) is 0 Å². The average molecular weight is 317 g/mol. The first-order chi connectivity index (χ1) is 11.2. The lowest BCUT2D eigenvalue weighted by Crippen LogP contribution is -2.43. The molecule has 6 heteroatoms. The molecule has 6 nitrogen and oxygen atoms in total. The summed E-state index contributed by atoms with van der Waals surface area (Å²) in [4.78, 5) is 14.5. The summed E-state index contributed by atoms with van der Waals surface area (Å²) in [7, 11) is 1.68. The fourth-order valence-corrected chi connectivity index (χ4v) is 3.22. The van der Waals surface area contributed by atoms with Crippen LogP contribution in [0.4, 0.5) is 0 Å². The third-order valence-electron chi connectivity index (χ3n) is 4.59. The molecule has 2 N–H and O–H groups in total. The molecular weight excluding hydrogens is 290 g/mol. The Balaban J connectivity index is 1.83. The van der Waals surface area contributed by atoms with E-state index >= 15 is 0 Å². The zero-order valence-electron chi connectivity index (χ0n) is 14.3. The van der Waals surface area contributed by atoms with Crippen LogP contribution in [0.1, 0.15) is 39.5 Å². The Morgan fingerprint density at radius 2 is 2.13 bits per heavy atom. The predicted octanol–water partition coefficient (Wildman–Crippen LogP) is 2.34. The minimum Gasteiger partial charge on any atom is -0.333 e. The number of nitrogens with zero attached hydrogens (tertiary/aromatic N) is 4. The van der Waals surface area contributed by atoms with E-state index in [1.165, 1.54) is 25.7 Å². The van der Waals surface area contributed by atoms with Crippen molar-refractivity contribution in [1.29, 1.82) is 0 Å². The van der Waals surface area contributed by atoms with Crippen molar-refractivity contribution in [2.45, 2.75) is 45.6 Å². The molecule has 3 heterocycles. The molecule has 0 saturated heterocycles. The molecule has 0 spiro atoms. The van der Waals surface area contributed by atoms with Crippen LogP contribution < -0.4 is 5.73 Å². The second-order valence-corrected chi connectivity index (χ2v) is 6.29. The fraction of sp³-hybridized carbons (Fsp3) is 0.588. The smallest absolute Gasteiger partial charge is 0.138 e. The number of hydrogen-bond acceptors (Lipinski definition) is 6. The van der Waals surface area contributed by atoms with Gasteiger partial charge >= 0.3 is 0 Å². The van der Waals surface area contributed by atoms with Gasteiger partial charge < -0.3 is 15.5 Å². The van der Waals surface area contributed by atoms with Crippen LogP contribution in [-0.4, -0.2) is 47.4 Å². The molecule has 126 valence electrons. The summed E-state index contributed by atoms with van der Waals surface area (Å²) < 4.78 is 0. The van der Waals surface area contributed by atoms with Crippen molar-refractivity contribution in [3.05, 3.63) is 35.2 Å². The summed E-state index contributed by atoms with van der Waals surface area (Å²) in [5, 5.41) is 1.81. The highest BCUT2D eigenvalue weighted by molar-refractivity contribution is 5.81. The molecule has 23 heavy (non-hydrogen) atoms.